The Labute approximate surface area is 111 Å². The van der Waals surface area contributed by atoms with Crippen molar-refractivity contribution in [2.75, 3.05) is 0 Å². The van der Waals surface area contributed by atoms with Gasteiger partial charge in [-0.2, -0.15) is 0 Å². The van der Waals surface area contributed by atoms with Crippen LogP contribution in [0.4, 0.5) is 4.39 Å². The van der Waals surface area contributed by atoms with E-state index >= 15 is 0 Å². The highest BCUT2D eigenvalue weighted by Crippen LogP contribution is 2.11. The van der Waals surface area contributed by atoms with Crippen molar-refractivity contribution in [3.05, 3.63) is 35.6 Å². The first-order valence-electron chi connectivity index (χ1n) is 6.17. The van der Waals surface area contributed by atoms with Crippen LogP contribution < -0.4 is 5.32 Å². The summed E-state index contributed by atoms with van der Waals surface area (Å²) in [6.45, 7) is 3.14. The summed E-state index contributed by atoms with van der Waals surface area (Å²) in [7, 11) is 0. The van der Waals surface area contributed by atoms with Crippen LogP contribution in [-0.4, -0.2) is 23.0 Å². The smallest absolute Gasteiger partial charge is 0.325 e. The summed E-state index contributed by atoms with van der Waals surface area (Å²) in [6.07, 6.45) is 1.12. The van der Waals surface area contributed by atoms with Gasteiger partial charge in [-0.25, -0.2) is 4.39 Å². The maximum Gasteiger partial charge on any atom is 0.325 e. The zero-order valence-electron chi connectivity index (χ0n) is 11.0. The molecule has 4 nitrogen and oxygen atoms in total. The van der Waals surface area contributed by atoms with E-state index in [-0.39, 0.29) is 17.6 Å². The van der Waals surface area contributed by atoms with E-state index in [1.165, 1.54) is 19.1 Å². The normalized spacial score (nSPS) is 13.6. The van der Waals surface area contributed by atoms with Crippen molar-refractivity contribution in [2.45, 2.75) is 32.7 Å². The van der Waals surface area contributed by atoms with Gasteiger partial charge in [0.05, 0.1) is 0 Å². The highest BCUT2D eigenvalue weighted by atomic mass is 19.1. The maximum absolute atomic E-state index is 13.0. The first-order chi connectivity index (χ1) is 8.90. The van der Waals surface area contributed by atoms with Gasteiger partial charge in [0.15, 0.2) is 0 Å². The molecular formula is C14H18FNO3. The van der Waals surface area contributed by atoms with Crippen LogP contribution in [0.3, 0.4) is 0 Å². The largest absolute Gasteiger partial charge is 0.480 e. The van der Waals surface area contributed by atoms with Gasteiger partial charge in [-0.1, -0.05) is 19.1 Å². The third-order valence-corrected chi connectivity index (χ3v) is 2.93. The fourth-order valence-corrected chi connectivity index (χ4v) is 1.62. The number of carbonyl (C=O) groups is 2. The summed E-state index contributed by atoms with van der Waals surface area (Å²) in [5.41, 5.74) is 0.825. The average molecular weight is 267 g/mol. The third kappa shape index (κ3) is 5.07. The van der Waals surface area contributed by atoms with Gasteiger partial charge in [-0.15, -0.1) is 0 Å². The molecule has 2 N–H and O–H groups in total. The van der Waals surface area contributed by atoms with E-state index in [9.17, 15) is 14.0 Å². The molecule has 1 amide bonds. The predicted octanol–water partition coefficient (Wildman–Crippen LogP) is 1.98. The molecule has 0 fully saturated rings. The molecule has 0 aromatic heterocycles. The predicted molar refractivity (Wildman–Crippen MR) is 69.1 cm³/mol. The lowest BCUT2D eigenvalue weighted by atomic mass is 10.00. The minimum absolute atomic E-state index is 0.297. The lowest BCUT2D eigenvalue weighted by molar-refractivity contribution is -0.141. The molecule has 0 saturated carbocycles. The number of hydrogen-bond donors (Lipinski definition) is 2. The summed E-state index contributed by atoms with van der Waals surface area (Å²) in [6, 6.07) is 5.33. The van der Waals surface area contributed by atoms with Gasteiger partial charge >= 0.3 is 5.97 Å². The Balaban J connectivity index is 2.44. The molecule has 0 radical (unpaired) electrons. The molecule has 1 aromatic carbocycles. The van der Waals surface area contributed by atoms with Gasteiger partial charge < -0.3 is 10.4 Å². The number of aryl methyl sites for hydroxylation is 1. The summed E-state index contributed by atoms with van der Waals surface area (Å²) in [5, 5.41) is 11.1. The van der Waals surface area contributed by atoms with E-state index in [2.05, 4.69) is 5.32 Å². The zero-order chi connectivity index (χ0) is 14.4. The summed E-state index contributed by atoms with van der Waals surface area (Å²) in [4.78, 5) is 22.3. The van der Waals surface area contributed by atoms with Crippen LogP contribution in [0.2, 0.25) is 0 Å². The van der Waals surface area contributed by atoms with Crippen molar-refractivity contribution in [2.24, 2.45) is 5.92 Å². The summed E-state index contributed by atoms with van der Waals surface area (Å²) < 4.78 is 13.0. The number of rotatable bonds is 6. The lowest BCUT2D eigenvalue weighted by Gasteiger charge is -2.14. The number of halogens is 1. The van der Waals surface area contributed by atoms with Gasteiger partial charge in [-0.3, -0.25) is 9.59 Å². The Morgan fingerprint density at radius 3 is 2.63 bits per heavy atom. The van der Waals surface area contributed by atoms with Crippen LogP contribution in [-0.2, 0) is 16.0 Å². The van der Waals surface area contributed by atoms with Gasteiger partial charge in [0.25, 0.3) is 0 Å². The minimum Gasteiger partial charge on any atom is -0.480 e. The molecule has 0 aliphatic carbocycles. The number of benzene rings is 1. The Kier molecular flexibility index (Phi) is 5.48. The molecule has 1 aromatic rings. The highest BCUT2D eigenvalue weighted by Gasteiger charge is 2.18. The Bertz CT molecular complexity index is 462. The average Bonchev–Trinajstić information content (AvgIpc) is 2.35. The monoisotopic (exact) mass is 267 g/mol. The molecule has 0 aliphatic heterocycles. The van der Waals surface area contributed by atoms with Gasteiger partial charge in [0.1, 0.15) is 11.9 Å². The molecule has 0 aliphatic rings. The van der Waals surface area contributed by atoms with E-state index in [0.29, 0.717) is 12.8 Å². The lowest BCUT2D eigenvalue weighted by Crippen LogP contribution is -2.41. The molecule has 19 heavy (non-hydrogen) atoms. The second-order valence-corrected chi connectivity index (χ2v) is 4.64. The molecule has 2 atom stereocenters. The fourth-order valence-electron chi connectivity index (χ4n) is 1.62. The SMILES string of the molecule is CC(CCc1cccc(F)c1)C(=O)N[C@H](C)C(=O)O. The van der Waals surface area contributed by atoms with Crippen LogP contribution in [0.5, 0.6) is 0 Å². The third-order valence-electron chi connectivity index (χ3n) is 2.93. The van der Waals surface area contributed by atoms with E-state index in [0.717, 1.165) is 5.56 Å². The molecule has 0 bridgehead atoms. The first kappa shape index (κ1) is 15.1. The van der Waals surface area contributed by atoms with Crippen LogP contribution in [0.25, 0.3) is 0 Å². The second-order valence-electron chi connectivity index (χ2n) is 4.64. The molecule has 0 saturated heterocycles. The number of hydrogen-bond acceptors (Lipinski definition) is 2. The molecule has 0 spiro atoms. The fraction of sp³-hybridized carbons (Fsp3) is 0.429. The first-order valence-corrected chi connectivity index (χ1v) is 6.17. The van der Waals surface area contributed by atoms with Crippen molar-refractivity contribution in [1.29, 1.82) is 0 Å². The van der Waals surface area contributed by atoms with Crippen LogP contribution in [0, 0.1) is 11.7 Å². The van der Waals surface area contributed by atoms with E-state index in [1.54, 1.807) is 19.1 Å². The molecule has 5 heteroatoms. The highest BCUT2D eigenvalue weighted by molar-refractivity contribution is 5.84. The maximum atomic E-state index is 13.0. The number of carboxylic acid groups (broad SMARTS) is 1. The topological polar surface area (TPSA) is 66.4 Å². The van der Waals surface area contributed by atoms with Crippen molar-refractivity contribution >= 4 is 11.9 Å². The number of carboxylic acids is 1. The van der Waals surface area contributed by atoms with Crippen molar-refractivity contribution in [3.8, 4) is 0 Å². The van der Waals surface area contributed by atoms with Crippen LogP contribution >= 0.6 is 0 Å². The van der Waals surface area contributed by atoms with E-state index < -0.39 is 12.0 Å². The summed E-state index contributed by atoms with van der Waals surface area (Å²) >= 11 is 0. The van der Waals surface area contributed by atoms with Crippen molar-refractivity contribution < 1.29 is 19.1 Å². The van der Waals surface area contributed by atoms with E-state index in [4.69, 9.17) is 5.11 Å². The van der Waals surface area contributed by atoms with Crippen molar-refractivity contribution in [1.82, 2.24) is 5.32 Å². The number of carbonyl (C=O) groups excluding carboxylic acids is 1. The quantitative estimate of drug-likeness (QED) is 0.828. The molecule has 104 valence electrons. The van der Waals surface area contributed by atoms with Crippen molar-refractivity contribution in [3.63, 3.8) is 0 Å². The Morgan fingerprint density at radius 2 is 2.05 bits per heavy atom. The summed E-state index contributed by atoms with van der Waals surface area (Å²) in [5.74, 6) is -1.98. The number of amides is 1. The Hall–Kier alpha value is -1.91. The van der Waals surface area contributed by atoms with Gasteiger partial charge in [-0.05, 0) is 37.5 Å². The Morgan fingerprint density at radius 1 is 1.37 bits per heavy atom. The zero-order valence-corrected chi connectivity index (χ0v) is 11.0. The van der Waals surface area contributed by atoms with E-state index in [1.807, 2.05) is 0 Å². The number of aliphatic carboxylic acids is 1. The molecule has 0 heterocycles. The number of nitrogens with one attached hydrogen (secondary N) is 1. The standard InChI is InChI=1S/C14H18FNO3/c1-9(13(17)16-10(2)14(18)19)6-7-11-4-3-5-12(15)8-11/h3-5,8-10H,6-7H2,1-2H3,(H,16,17)(H,18,19)/t9?,10-/m1/s1. The second kappa shape index (κ2) is 6.87. The molecule has 1 unspecified atom stereocenters. The van der Waals surface area contributed by atoms with Crippen LogP contribution in [0.1, 0.15) is 25.8 Å². The molecule has 1 rings (SSSR count). The minimum atomic E-state index is -1.06. The van der Waals surface area contributed by atoms with Gasteiger partial charge in [0.2, 0.25) is 5.91 Å². The van der Waals surface area contributed by atoms with Crippen LogP contribution in [0.15, 0.2) is 24.3 Å². The molecular weight excluding hydrogens is 249 g/mol. The van der Waals surface area contributed by atoms with Gasteiger partial charge in [0, 0.05) is 5.92 Å².